The highest BCUT2D eigenvalue weighted by Gasteiger charge is 2.68. The summed E-state index contributed by atoms with van der Waals surface area (Å²) in [5.74, 6) is -1.11. The number of carbonyl (C=O) groups excluding carboxylic acids is 1. The smallest absolute Gasteiger partial charge is 0.431 e. The normalized spacial score (nSPS) is 25.0. The van der Waals surface area contributed by atoms with Crippen LogP contribution in [0.2, 0.25) is 0 Å². The minimum atomic E-state index is -4.78. The van der Waals surface area contributed by atoms with Crippen molar-refractivity contribution in [2.75, 3.05) is 26.3 Å². The van der Waals surface area contributed by atoms with Crippen molar-refractivity contribution in [2.24, 2.45) is 0 Å². The third-order valence-electron chi connectivity index (χ3n) is 4.29. The van der Waals surface area contributed by atoms with Gasteiger partial charge in [0, 0.05) is 12.1 Å². The quantitative estimate of drug-likeness (QED) is 0.630. The van der Waals surface area contributed by atoms with E-state index < -0.39 is 29.0 Å². The van der Waals surface area contributed by atoms with E-state index in [1.165, 1.54) is 0 Å². The highest BCUT2D eigenvalue weighted by atomic mass is 19.4. The first-order valence-corrected chi connectivity index (χ1v) is 7.25. The molecule has 7 nitrogen and oxygen atoms in total. The van der Waals surface area contributed by atoms with E-state index in [2.05, 4.69) is 0 Å². The Morgan fingerprint density at radius 3 is 2.50 bits per heavy atom. The van der Waals surface area contributed by atoms with E-state index in [-0.39, 0.29) is 48.2 Å². The topological polar surface area (TPSA) is 83.1 Å². The number of nitro groups is 1. The van der Waals surface area contributed by atoms with Crippen LogP contribution in [0.15, 0.2) is 18.2 Å². The fourth-order valence-electron chi connectivity index (χ4n) is 3.06. The number of halogens is 3. The van der Waals surface area contributed by atoms with Crippen LogP contribution >= 0.6 is 0 Å². The van der Waals surface area contributed by atoms with Gasteiger partial charge in [0.1, 0.15) is 25.3 Å². The molecular formula is C14H14F3N2O5+. The van der Waals surface area contributed by atoms with Crippen molar-refractivity contribution in [1.82, 2.24) is 0 Å². The standard InChI is InChI=1S/C14H13F3N2O5/c15-14(16,17)13(18-3-5-23-6-4-18)8-11(20)10-7-9(19(21)22)1-2-12(10)24-13/h1-2,7H,3-6,8H2/p+1/t13-/m1/s1. The minimum absolute atomic E-state index is 0.0507. The Morgan fingerprint density at radius 1 is 1.25 bits per heavy atom. The molecule has 0 radical (unpaired) electrons. The van der Waals surface area contributed by atoms with Crippen molar-refractivity contribution in [1.29, 1.82) is 0 Å². The maximum atomic E-state index is 13.8. The molecule has 2 aliphatic rings. The molecule has 1 aromatic carbocycles. The minimum Gasteiger partial charge on any atom is -0.431 e. The summed E-state index contributed by atoms with van der Waals surface area (Å²) in [6, 6.07) is 3.02. The van der Waals surface area contributed by atoms with Gasteiger partial charge < -0.3 is 9.47 Å². The van der Waals surface area contributed by atoms with Crippen molar-refractivity contribution >= 4 is 11.5 Å². The molecule has 1 fully saturated rings. The summed E-state index contributed by atoms with van der Waals surface area (Å²) in [5.41, 5.74) is -3.27. The molecular weight excluding hydrogens is 333 g/mol. The molecule has 1 aromatic rings. The molecule has 0 aromatic heterocycles. The highest BCUT2D eigenvalue weighted by molar-refractivity contribution is 6.00. The molecule has 10 heteroatoms. The average Bonchev–Trinajstić information content (AvgIpc) is 2.54. The molecule has 0 bridgehead atoms. The number of benzene rings is 1. The molecule has 130 valence electrons. The lowest BCUT2D eigenvalue weighted by Gasteiger charge is -2.44. The lowest BCUT2D eigenvalue weighted by molar-refractivity contribution is -0.993. The predicted octanol–water partition coefficient (Wildman–Crippen LogP) is 0.734. The van der Waals surface area contributed by atoms with Crippen molar-refractivity contribution < 1.29 is 37.3 Å². The van der Waals surface area contributed by atoms with Crippen LogP contribution in [0.5, 0.6) is 5.75 Å². The zero-order valence-electron chi connectivity index (χ0n) is 12.4. The van der Waals surface area contributed by atoms with Gasteiger partial charge in [-0.3, -0.25) is 19.8 Å². The summed E-state index contributed by atoms with van der Waals surface area (Å²) in [6.07, 6.45) is -5.70. The molecule has 3 rings (SSSR count). The van der Waals surface area contributed by atoms with Crippen LogP contribution in [-0.2, 0) is 4.74 Å². The second kappa shape index (κ2) is 5.71. The zero-order valence-corrected chi connectivity index (χ0v) is 12.4. The summed E-state index contributed by atoms with van der Waals surface area (Å²) in [5, 5.41) is 10.8. The predicted molar refractivity (Wildman–Crippen MR) is 73.0 cm³/mol. The van der Waals surface area contributed by atoms with Gasteiger partial charge >= 0.3 is 11.9 Å². The van der Waals surface area contributed by atoms with E-state index in [1.54, 1.807) is 0 Å². The SMILES string of the molecule is O=C1C[C@]([NH+]2CCOCC2)(C(F)(F)F)Oc2ccc([N+](=O)[O-])cc21. The third-order valence-corrected chi connectivity index (χ3v) is 4.29. The number of fused-ring (bicyclic) bond motifs is 1. The number of Topliss-reactive ketones (excluding diaryl/α,β-unsaturated/α-hetero) is 1. The summed E-state index contributed by atoms with van der Waals surface area (Å²) in [6.45, 7) is 0.375. The van der Waals surface area contributed by atoms with E-state index in [9.17, 15) is 28.1 Å². The molecule has 0 unspecified atom stereocenters. The number of rotatable bonds is 2. The largest absolute Gasteiger partial charge is 0.486 e. The number of carbonyl (C=O) groups is 1. The first kappa shape index (κ1) is 16.7. The van der Waals surface area contributed by atoms with Gasteiger partial charge in [0.05, 0.1) is 23.7 Å². The number of nitro benzene ring substituents is 1. The van der Waals surface area contributed by atoms with Gasteiger partial charge in [0.15, 0.2) is 5.78 Å². The summed E-state index contributed by atoms with van der Waals surface area (Å²) in [4.78, 5) is 22.5. The number of hydrogen-bond donors (Lipinski definition) is 1. The Morgan fingerprint density at radius 2 is 1.92 bits per heavy atom. The van der Waals surface area contributed by atoms with Gasteiger partial charge in [0.25, 0.3) is 5.69 Å². The number of nitrogens with zero attached hydrogens (tertiary/aromatic N) is 1. The molecule has 1 N–H and O–H groups in total. The lowest BCUT2D eigenvalue weighted by Crippen LogP contribution is -3.25. The fraction of sp³-hybridized carbons (Fsp3) is 0.500. The van der Waals surface area contributed by atoms with Crippen molar-refractivity contribution in [2.45, 2.75) is 18.3 Å². The number of non-ortho nitro benzene ring substituents is 1. The Bertz CT molecular complexity index is 687. The van der Waals surface area contributed by atoms with E-state index in [0.29, 0.717) is 0 Å². The van der Waals surface area contributed by atoms with Gasteiger partial charge in [0.2, 0.25) is 0 Å². The van der Waals surface area contributed by atoms with Crippen molar-refractivity contribution in [3.8, 4) is 5.75 Å². The van der Waals surface area contributed by atoms with Gasteiger partial charge in [-0.2, -0.15) is 13.2 Å². The molecule has 0 amide bonds. The molecule has 0 spiro atoms. The molecule has 2 aliphatic heterocycles. The molecule has 0 aliphatic carbocycles. The van der Waals surface area contributed by atoms with Crippen LogP contribution in [0.1, 0.15) is 16.8 Å². The Labute approximate surface area is 134 Å². The highest BCUT2D eigenvalue weighted by Crippen LogP contribution is 2.40. The second-order valence-corrected chi connectivity index (χ2v) is 5.68. The molecule has 1 atom stereocenters. The lowest BCUT2D eigenvalue weighted by atomic mass is 9.93. The number of morpholine rings is 1. The first-order chi connectivity index (χ1) is 11.2. The van der Waals surface area contributed by atoms with Crippen molar-refractivity contribution in [3.05, 3.63) is 33.9 Å². The van der Waals surface area contributed by atoms with Crippen LogP contribution in [0, 0.1) is 10.1 Å². The first-order valence-electron chi connectivity index (χ1n) is 7.25. The van der Waals surface area contributed by atoms with Crippen molar-refractivity contribution in [3.63, 3.8) is 0 Å². The van der Waals surface area contributed by atoms with Crippen LogP contribution in [0.4, 0.5) is 18.9 Å². The maximum absolute atomic E-state index is 13.8. The van der Waals surface area contributed by atoms with Gasteiger partial charge in [-0.1, -0.05) is 0 Å². The number of hydrogen-bond acceptors (Lipinski definition) is 5. The summed E-state index contributed by atoms with van der Waals surface area (Å²) in [7, 11) is 0. The van der Waals surface area contributed by atoms with E-state index in [1.807, 2.05) is 0 Å². The molecule has 2 heterocycles. The molecule has 1 saturated heterocycles. The van der Waals surface area contributed by atoms with Gasteiger partial charge in [-0.15, -0.1) is 0 Å². The number of quaternary nitrogens is 1. The Balaban J connectivity index is 2.04. The Hall–Kier alpha value is -2.20. The molecule has 24 heavy (non-hydrogen) atoms. The number of ether oxygens (including phenoxy) is 2. The second-order valence-electron chi connectivity index (χ2n) is 5.68. The average molecular weight is 347 g/mol. The number of nitrogens with one attached hydrogen (secondary N) is 1. The van der Waals surface area contributed by atoms with Crippen LogP contribution in [-0.4, -0.2) is 48.9 Å². The number of ketones is 1. The Kier molecular flexibility index (Phi) is 3.96. The van der Waals surface area contributed by atoms with Crippen LogP contribution < -0.4 is 9.64 Å². The van der Waals surface area contributed by atoms with Crippen LogP contribution in [0.25, 0.3) is 0 Å². The summed E-state index contributed by atoms with van der Waals surface area (Å²) >= 11 is 0. The third kappa shape index (κ3) is 2.61. The van der Waals surface area contributed by atoms with Gasteiger partial charge in [-0.05, 0) is 6.07 Å². The fourth-order valence-corrected chi connectivity index (χ4v) is 3.06. The number of alkyl halides is 3. The zero-order chi connectivity index (χ0) is 17.5. The van der Waals surface area contributed by atoms with E-state index >= 15 is 0 Å². The van der Waals surface area contributed by atoms with E-state index in [0.717, 1.165) is 18.2 Å². The van der Waals surface area contributed by atoms with Gasteiger partial charge in [-0.25, -0.2) is 0 Å². The summed E-state index contributed by atoms with van der Waals surface area (Å²) < 4.78 is 51.8. The maximum Gasteiger partial charge on any atom is 0.486 e. The molecule has 0 saturated carbocycles. The van der Waals surface area contributed by atoms with E-state index in [4.69, 9.17) is 9.47 Å². The van der Waals surface area contributed by atoms with Crippen LogP contribution in [0.3, 0.4) is 0 Å². The monoisotopic (exact) mass is 347 g/mol.